The number of hydrogen-bond donors (Lipinski definition) is 0. The molecule has 1 amide bonds. The van der Waals surface area contributed by atoms with Crippen molar-refractivity contribution in [3.8, 4) is 0 Å². The van der Waals surface area contributed by atoms with Crippen LogP contribution in [0.1, 0.15) is 42.4 Å². The van der Waals surface area contributed by atoms with Gasteiger partial charge < -0.3 is 14.4 Å². The van der Waals surface area contributed by atoms with Gasteiger partial charge in [-0.1, -0.05) is 42.5 Å². The van der Waals surface area contributed by atoms with Crippen LogP contribution >= 0.6 is 0 Å². The standard InChI is InChI=1S/C35H36F2N2O4/c1-42-33(40)32-27-18-31-35(28-10-2-3-11-29(28)39(34(35)41)19-22-6-4-8-25(36)16-22)14-15-38(31)20-24(27)12-13-30(32)43-21-23-7-5-9-26(37)17-23/h2-11,16-17,24,27,30-32H,12-15,18-21H2,1H3/t24-,27-,30-,31-,32+,35-/m0/s1. The van der Waals surface area contributed by atoms with E-state index in [0.717, 1.165) is 48.3 Å². The molecule has 4 aliphatic rings. The first-order valence-electron chi connectivity index (χ1n) is 15.2. The van der Waals surface area contributed by atoms with Crippen LogP contribution in [0.25, 0.3) is 0 Å². The van der Waals surface area contributed by atoms with Crippen molar-refractivity contribution in [2.24, 2.45) is 17.8 Å². The minimum atomic E-state index is -0.731. The first-order valence-corrected chi connectivity index (χ1v) is 15.2. The number of anilines is 1. The van der Waals surface area contributed by atoms with Gasteiger partial charge >= 0.3 is 5.97 Å². The molecule has 0 unspecified atom stereocenters. The lowest BCUT2D eigenvalue weighted by Gasteiger charge is -2.50. The predicted octanol–water partition coefficient (Wildman–Crippen LogP) is 5.63. The number of carbonyl (C=O) groups is 2. The highest BCUT2D eigenvalue weighted by molar-refractivity contribution is 6.09. The summed E-state index contributed by atoms with van der Waals surface area (Å²) in [5.74, 6) is -1.06. The summed E-state index contributed by atoms with van der Waals surface area (Å²) in [5.41, 5.74) is 2.64. The third kappa shape index (κ3) is 4.75. The van der Waals surface area contributed by atoms with Crippen molar-refractivity contribution in [2.45, 2.75) is 56.4 Å². The van der Waals surface area contributed by atoms with E-state index in [4.69, 9.17) is 9.47 Å². The number of piperidine rings is 1. The van der Waals surface area contributed by atoms with Gasteiger partial charge in [0.25, 0.3) is 0 Å². The van der Waals surface area contributed by atoms with E-state index in [2.05, 4.69) is 11.0 Å². The van der Waals surface area contributed by atoms with E-state index in [1.54, 1.807) is 12.1 Å². The van der Waals surface area contributed by atoms with Gasteiger partial charge in [0.1, 0.15) is 11.6 Å². The Labute approximate surface area is 250 Å². The number of amides is 1. The van der Waals surface area contributed by atoms with Crippen molar-refractivity contribution in [3.63, 3.8) is 0 Å². The smallest absolute Gasteiger partial charge is 0.311 e. The van der Waals surface area contributed by atoms with Crippen molar-refractivity contribution >= 4 is 17.6 Å². The van der Waals surface area contributed by atoms with Gasteiger partial charge in [0, 0.05) is 18.3 Å². The van der Waals surface area contributed by atoms with Crippen LogP contribution in [0.2, 0.25) is 0 Å². The molecule has 7 rings (SSSR count). The molecule has 43 heavy (non-hydrogen) atoms. The van der Waals surface area contributed by atoms with E-state index in [9.17, 15) is 18.4 Å². The fourth-order valence-electron chi connectivity index (χ4n) is 8.56. The number of halogens is 2. The van der Waals surface area contributed by atoms with Crippen LogP contribution in [0, 0.1) is 29.4 Å². The second-order valence-corrected chi connectivity index (χ2v) is 12.5. The van der Waals surface area contributed by atoms with E-state index in [0.29, 0.717) is 25.3 Å². The zero-order valence-corrected chi connectivity index (χ0v) is 24.3. The predicted molar refractivity (Wildman–Crippen MR) is 157 cm³/mol. The molecule has 1 aliphatic carbocycles. The summed E-state index contributed by atoms with van der Waals surface area (Å²) in [6.45, 7) is 2.15. The summed E-state index contributed by atoms with van der Waals surface area (Å²) in [5, 5.41) is 0. The van der Waals surface area contributed by atoms with Gasteiger partial charge in [0.15, 0.2) is 0 Å². The quantitative estimate of drug-likeness (QED) is 0.351. The SMILES string of the molecule is COC(=O)[C@@H]1[C@H]2C[C@@H]3N(CC[C@@]34C(=O)N(Cc3cccc(F)c3)c3ccccc34)C[C@@H]2CC[C@@H]1OCc1cccc(F)c1. The highest BCUT2D eigenvalue weighted by Gasteiger charge is 2.63. The van der Waals surface area contributed by atoms with Gasteiger partial charge in [-0.3, -0.25) is 14.5 Å². The second kappa shape index (κ2) is 11.1. The largest absolute Gasteiger partial charge is 0.469 e. The molecule has 0 radical (unpaired) electrons. The highest BCUT2D eigenvalue weighted by Crippen LogP contribution is 2.56. The minimum absolute atomic E-state index is 0.00725. The van der Waals surface area contributed by atoms with E-state index in [1.165, 1.54) is 31.4 Å². The molecule has 2 saturated heterocycles. The number of rotatable bonds is 6. The van der Waals surface area contributed by atoms with Gasteiger partial charge in [-0.05, 0) is 91.1 Å². The Hall–Kier alpha value is -3.62. The van der Waals surface area contributed by atoms with E-state index >= 15 is 0 Å². The van der Waals surface area contributed by atoms with E-state index in [-0.39, 0.29) is 48.2 Å². The second-order valence-electron chi connectivity index (χ2n) is 12.5. The molecule has 0 bridgehead atoms. The normalized spacial score (nSPS) is 29.8. The van der Waals surface area contributed by atoms with Gasteiger partial charge in [-0.2, -0.15) is 0 Å². The average Bonchev–Trinajstić information content (AvgIpc) is 3.50. The Balaban J connectivity index is 1.19. The number of benzene rings is 3. The van der Waals surface area contributed by atoms with E-state index < -0.39 is 11.3 Å². The maximum Gasteiger partial charge on any atom is 0.311 e. The number of carbonyl (C=O) groups excluding carboxylic acids is 2. The van der Waals surface area contributed by atoms with Crippen LogP contribution in [0.3, 0.4) is 0 Å². The Morgan fingerprint density at radius 3 is 2.49 bits per heavy atom. The molecule has 224 valence electrons. The van der Waals surface area contributed by atoms with Gasteiger partial charge in [-0.25, -0.2) is 8.78 Å². The van der Waals surface area contributed by atoms with Crippen LogP contribution in [0.5, 0.6) is 0 Å². The third-order valence-corrected chi connectivity index (χ3v) is 10.4. The van der Waals surface area contributed by atoms with Crippen LogP contribution in [0.4, 0.5) is 14.5 Å². The van der Waals surface area contributed by atoms with Crippen molar-refractivity contribution in [3.05, 3.63) is 101 Å². The third-order valence-electron chi connectivity index (χ3n) is 10.4. The zero-order valence-electron chi connectivity index (χ0n) is 24.3. The molecule has 0 N–H and O–H groups in total. The molecule has 3 fully saturated rings. The number of para-hydroxylation sites is 1. The molecule has 3 aliphatic heterocycles. The van der Waals surface area contributed by atoms with Crippen LogP contribution < -0.4 is 4.90 Å². The fraction of sp³-hybridized carbons (Fsp3) is 0.429. The maximum atomic E-state index is 14.6. The minimum Gasteiger partial charge on any atom is -0.469 e. The summed E-state index contributed by atoms with van der Waals surface area (Å²) < 4.78 is 39.5. The Morgan fingerprint density at radius 1 is 0.977 bits per heavy atom. The molecule has 1 spiro atoms. The number of hydrogen-bond acceptors (Lipinski definition) is 5. The number of nitrogens with zero attached hydrogens (tertiary/aromatic N) is 2. The summed E-state index contributed by atoms with van der Waals surface area (Å²) in [6.07, 6.45) is 2.67. The highest BCUT2D eigenvalue weighted by atomic mass is 19.1. The Kier molecular flexibility index (Phi) is 7.30. The average molecular weight is 587 g/mol. The zero-order chi connectivity index (χ0) is 29.7. The molecular weight excluding hydrogens is 550 g/mol. The Bertz CT molecular complexity index is 1550. The van der Waals surface area contributed by atoms with Gasteiger partial charge in [0.2, 0.25) is 5.91 Å². The first kappa shape index (κ1) is 28.2. The number of ether oxygens (including phenoxy) is 2. The van der Waals surface area contributed by atoms with Crippen LogP contribution in [-0.2, 0) is 37.6 Å². The Morgan fingerprint density at radius 2 is 1.72 bits per heavy atom. The summed E-state index contributed by atoms with van der Waals surface area (Å²) in [7, 11) is 1.42. The molecule has 6 nitrogen and oxygen atoms in total. The number of esters is 1. The molecule has 1 saturated carbocycles. The molecule has 0 aromatic heterocycles. The molecule has 3 aromatic rings. The van der Waals surface area contributed by atoms with Gasteiger partial charge in [-0.15, -0.1) is 0 Å². The molecule has 8 heteroatoms. The van der Waals surface area contributed by atoms with Crippen molar-refractivity contribution in [1.82, 2.24) is 4.90 Å². The lowest BCUT2D eigenvalue weighted by Crippen LogP contribution is -2.58. The maximum absolute atomic E-state index is 14.6. The summed E-state index contributed by atoms with van der Waals surface area (Å²) in [4.78, 5) is 32.2. The monoisotopic (exact) mass is 586 g/mol. The lowest BCUT2D eigenvalue weighted by atomic mass is 9.62. The molecule has 3 aromatic carbocycles. The van der Waals surface area contributed by atoms with Crippen molar-refractivity contribution in [2.75, 3.05) is 25.1 Å². The lowest BCUT2D eigenvalue weighted by molar-refractivity contribution is -0.165. The molecular formula is C35H36F2N2O4. The summed E-state index contributed by atoms with van der Waals surface area (Å²) in [6, 6.07) is 20.7. The van der Waals surface area contributed by atoms with Crippen molar-refractivity contribution in [1.29, 1.82) is 0 Å². The first-order chi connectivity index (χ1) is 20.9. The van der Waals surface area contributed by atoms with Crippen LogP contribution in [-0.4, -0.2) is 49.1 Å². The topological polar surface area (TPSA) is 59.1 Å². The summed E-state index contributed by atoms with van der Waals surface area (Å²) >= 11 is 0. The van der Waals surface area contributed by atoms with Gasteiger partial charge in [0.05, 0.1) is 37.7 Å². The van der Waals surface area contributed by atoms with Crippen LogP contribution in [0.15, 0.2) is 72.8 Å². The van der Waals surface area contributed by atoms with E-state index in [1.807, 2.05) is 35.2 Å². The fourth-order valence-corrected chi connectivity index (χ4v) is 8.56. The molecule has 3 heterocycles. The number of fused-ring (bicyclic) bond motifs is 5. The van der Waals surface area contributed by atoms with Crippen molar-refractivity contribution < 1.29 is 27.8 Å². The number of methoxy groups -OCH3 is 1. The molecule has 6 atom stereocenters.